The van der Waals surface area contributed by atoms with Crippen molar-refractivity contribution < 1.29 is 28.2 Å². The summed E-state index contributed by atoms with van der Waals surface area (Å²) in [4.78, 5) is 25.7. The Morgan fingerprint density at radius 1 is 1.16 bits per heavy atom. The van der Waals surface area contributed by atoms with Gasteiger partial charge in [-0.3, -0.25) is 9.59 Å². The predicted molar refractivity (Wildman–Crippen MR) is 120 cm³/mol. The van der Waals surface area contributed by atoms with Crippen LogP contribution in [0.1, 0.15) is 32.5 Å². The van der Waals surface area contributed by atoms with Crippen LogP contribution in [0.5, 0.6) is 17.2 Å². The molecule has 0 aliphatic carbocycles. The van der Waals surface area contributed by atoms with Crippen molar-refractivity contribution in [1.29, 1.82) is 0 Å². The summed E-state index contributed by atoms with van der Waals surface area (Å²) in [6.45, 7) is 1.73. The van der Waals surface area contributed by atoms with Crippen LogP contribution < -0.4 is 19.5 Å². The van der Waals surface area contributed by atoms with Gasteiger partial charge in [-0.05, 0) is 49.4 Å². The molecule has 1 aromatic heterocycles. The molecule has 2 heterocycles. The van der Waals surface area contributed by atoms with Crippen LogP contribution in [0.25, 0.3) is 10.4 Å². The number of hydrogen-bond donors (Lipinski definition) is 1. The zero-order chi connectivity index (χ0) is 22.8. The lowest BCUT2D eigenvalue weighted by atomic mass is 10.0. The first kappa shape index (κ1) is 21.8. The molecule has 0 spiro atoms. The first-order valence-electron chi connectivity index (χ1n) is 10.00. The smallest absolute Gasteiger partial charge is 0.255 e. The average molecular weight is 456 g/mol. The van der Waals surface area contributed by atoms with Crippen LogP contribution in [0.3, 0.4) is 0 Å². The van der Waals surface area contributed by atoms with Crippen molar-refractivity contribution in [2.75, 3.05) is 20.8 Å². The molecule has 0 bridgehead atoms. The molecule has 0 fully saturated rings. The molecule has 1 atom stereocenters. The third kappa shape index (κ3) is 4.31. The minimum atomic E-state index is -0.370. The van der Waals surface area contributed by atoms with Crippen molar-refractivity contribution in [2.45, 2.75) is 19.4 Å². The van der Waals surface area contributed by atoms with Gasteiger partial charge in [-0.15, -0.1) is 11.3 Å². The molecule has 1 N–H and O–H groups in total. The molecular weight excluding hydrogens is 433 g/mol. The predicted octanol–water partition coefficient (Wildman–Crippen LogP) is 4.51. The molecule has 166 valence electrons. The maximum atomic E-state index is 14.3. The minimum absolute atomic E-state index is 0.0382. The molecule has 0 unspecified atom stereocenters. The summed E-state index contributed by atoms with van der Waals surface area (Å²) in [7, 11) is 3.02. The fourth-order valence-corrected chi connectivity index (χ4v) is 4.57. The molecule has 0 saturated heterocycles. The Bertz CT molecular complexity index is 1190. The van der Waals surface area contributed by atoms with E-state index in [0.717, 1.165) is 10.4 Å². The fourth-order valence-electron chi connectivity index (χ4n) is 3.66. The summed E-state index contributed by atoms with van der Waals surface area (Å²) >= 11 is 1.30. The number of rotatable bonds is 7. The fraction of sp³-hybridized carbons (Fsp3) is 0.250. The summed E-state index contributed by atoms with van der Waals surface area (Å²) in [5, 5.41) is 2.86. The number of carbonyl (C=O) groups is 2. The summed E-state index contributed by atoms with van der Waals surface area (Å²) in [5.74, 6) is 0.830. The van der Waals surface area contributed by atoms with Gasteiger partial charge in [0.2, 0.25) is 0 Å². The molecule has 4 rings (SSSR count). The molecule has 32 heavy (non-hydrogen) atoms. The third-order valence-corrected chi connectivity index (χ3v) is 6.44. The summed E-state index contributed by atoms with van der Waals surface area (Å²) in [5.41, 5.74) is 1.70. The van der Waals surface area contributed by atoms with Gasteiger partial charge in [-0.2, -0.15) is 0 Å². The van der Waals surface area contributed by atoms with Gasteiger partial charge in [0.25, 0.3) is 5.91 Å². The molecule has 3 aromatic rings. The highest BCUT2D eigenvalue weighted by atomic mass is 32.1. The van der Waals surface area contributed by atoms with E-state index in [1.807, 2.05) is 0 Å². The van der Waals surface area contributed by atoms with E-state index >= 15 is 0 Å². The number of halogens is 1. The summed E-state index contributed by atoms with van der Waals surface area (Å²) in [6.07, 6.45) is 0.110. The van der Waals surface area contributed by atoms with Crippen molar-refractivity contribution in [3.05, 3.63) is 64.3 Å². The number of ketones is 1. The monoisotopic (exact) mass is 455 g/mol. The maximum absolute atomic E-state index is 14.3. The molecule has 8 heteroatoms. The second kappa shape index (κ2) is 9.00. The van der Waals surface area contributed by atoms with E-state index in [0.29, 0.717) is 39.7 Å². The normalized spacial score (nSPS) is 14.4. The molecule has 1 aliphatic rings. The van der Waals surface area contributed by atoms with Gasteiger partial charge in [-0.1, -0.05) is 0 Å². The number of nitrogens with one attached hydrogen (secondary N) is 1. The molecule has 1 amide bonds. The Morgan fingerprint density at radius 3 is 2.66 bits per heavy atom. The van der Waals surface area contributed by atoms with Crippen molar-refractivity contribution in [3.63, 3.8) is 0 Å². The maximum Gasteiger partial charge on any atom is 0.255 e. The number of methoxy groups -OCH3 is 2. The number of amides is 1. The number of Topliss-reactive ketones (excluding diaryl/α,β-unsaturated/α-hetero) is 1. The minimum Gasteiger partial charge on any atom is -0.497 e. The molecule has 2 aromatic carbocycles. The molecule has 0 radical (unpaired) electrons. The van der Waals surface area contributed by atoms with E-state index in [-0.39, 0.29) is 30.2 Å². The van der Waals surface area contributed by atoms with Crippen LogP contribution in [-0.4, -0.2) is 38.6 Å². The van der Waals surface area contributed by atoms with Crippen LogP contribution in [0, 0.1) is 5.82 Å². The lowest BCUT2D eigenvalue weighted by Crippen LogP contribution is -2.34. The number of hydrogen-bond acceptors (Lipinski definition) is 6. The Hall–Kier alpha value is -3.39. The van der Waals surface area contributed by atoms with Crippen LogP contribution >= 0.6 is 11.3 Å². The Morgan fingerprint density at radius 2 is 1.97 bits per heavy atom. The first-order valence-corrected chi connectivity index (χ1v) is 10.8. The zero-order valence-electron chi connectivity index (χ0n) is 17.9. The van der Waals surface area contributed by atoms with Gasteiger partial charge in [0.1, 0.15) is 29.2 Å². The van der Waals surface area contributed by atoms with E-state index in [2.05, 4.69) is 5.32 Å². The van der Waals surface area contributed by atoms with Gasteiger partial charge in [0, 0.05) is 22.4 Å². The average Bonchev–Trinajstić information content (AvgIpc) is 3.43. The Labute approximate surface area is 188 Å². The number of carbonyl (C=O) groups excluding carboxylic acids is 2. The van der Waals surface area contributed by atoms with E-state index in [1.165, 1.54) is 44.6 Å². The number of thiophene rings is 1. The third-order valence-electron chi connectivity index (χ3n) is 5.22. The zero-order valence-corrected chi connectivity index (χ0v) is 18.7. The van der Waals surface area contributed by atoms with Crippen LogP contribution in [0.2, 0.25) is 0 Å². The number of fused-ring (bicyclic) bond motifs is 1. The quantitative estimate of drug-likeness (QED) is 0.531. The standard InChI is InChI=1S/C24H22FNO5S/c1-13(27)21-6-7-22(32-21)19-10-15(25)8-14-9-17(31-23(14)19)12-26-24(28)18-11-16(29-2)4-5-20(18)30-3/h4-8,10-11,17H,9,12H2,1-3H3,(H,26,28)/t17-/m1/s1. The topological polar surface area (TPSA) is 73.9 Å². The van der Waals surface area contributed by atoms with E-state index < -0.39 is 0 Å². The lowest BCUT2D eigenvalue weighted by Gasteiger charge is -2.15. The highest BCUT2D eigenvalue weighted by Crippen LogP contribution is 2.42. The molecular formula is C24H22FNO5S. The van der Waals surface area contributed by atoms with E-state index in [4.69, 9.17) is 14.2 Å². The van der Waals surface area contributed by atoms with Crippen molar-refractivity contribution in [2.24, 2.45) is 0 Å². The molecule has 6 nitrogen and oxygen atoms in total. The van der Waals surface area contributed by atoms with Gasteiger partial charge in [-0.25, -0.2) is 4.39 Å². The highest BCUT2D eigenvalue weighted by Gasteiger charge is 2.28. The van der Waals surface area contributed by atoms with Gasteiger partial charge < -0.3 is 19.5 Å². The van der Waals surface area contributed by atoms with Crippen molar-refractivity contribution >= 4 is 23.0 Å². The van der Waals surface area contributed by atoms with Crippen molar-refractivity contribution in [3.8, 4) is 27.7 Å². The second-order valence-corrected chi connectivity index (χ2v) is 8.47. The number of ether oxygens (including phenoxy) is 3. The highest BCUT2D eigenvalue weighted by molar-refractivity contribution is 7.17. The molecule has 0 saturated carbocycles. The van der Waals surface area contributed by atoms with Crippen LogP contribution in [0.4, 0.5) is 4.39 Å². The Balaban J connectivity index is 1.50. The van der Waals surface area contributed by atoms with Crippen molar-refractivity contribution in [1.82, 2.24) is 5.32 Å². The SMILES string of the molecule is COc1ccc(OC)c(C(=O)NC[C@H]2Cc3cc(F)cc(-c4ccc(C(C)=O)s4)c3O2)c1. The molecule has 1 aliphatic heterocycles. The van der Waals surface area contributed by atoms with Gasteiger partial charge in [0.15, 0.2) is 5.78 Å². The largest absolute Gasteiger partial charge is 0.497 e. The lowest BCUT2D eigenvalue weighted by molar-refractivity contribution is 0.0929. The summed E-state index contributed by atoms with van der Waals surface area (Å²) < 4.78 is 30.8. The van der Waals surface area contributed by atoms with Crippen LogP contribution in [-0.2, 0) is 6.42 Å². The number of benzene rings is 2. The second-order valence-electron chi connectivity index (χ2n) is 7.38. The van der Waals surface area contributed by atoms with Crippen LogP contribution in [0.15, 0.2) is 42.5 Å². The first-order chi connectivity index (χ1) is 15.4. The Kier molecular flexibility index (Phi) is 6.14. The van der Waals surface area contributed by atoms with E-state index in [9.17, 15) is 14.0 Å². The summed E-state index contributed by atoms with van der Waals surface area (Å²) in [6, 6.07) is 11.4. The van der Waals surface area contributed by atoms with Gasteiger partial charge >= 0.3 is 0 Å². The van der Waals surface area contributed by atoms with E-state index in [1.54, 1.807) is 30.3 Å². The van der Waals surface area contributed by atoms with Gasteiger partial charge in [0.05, 0.1) is 31.2 Å².